The summed E-state index contributed by atoms with van der Waals surface area (Å²) in [5.74, 6) is 0.295. The number of nitrogens with one attached hydrogen (secondary N) is 2. The molecule has 2 aromatic carbocycles. The summed E-state index contributed by atoms with van der Waals surface area (Å²) in [5.41, 5.74) is 4.71. The van der Waals surface area contributed by atoms with Gasteiger partial charge in [0.25, 0.3) is 5.56 Å². The number of H-pyrrole nitrogens is 2. The van der Waals surface area contributed by atoms with E-state index in [2.05, 4.69) is 24.0 Å². The van der Waals surface area contributed by atoms with E-state index in [1.807, 2.05) is 34.9 Å². The highest BCUT2D eigenvalue weighted by molar-refractivity contribution is 6.15. The van der Waals surface area contributed by atoms with Crippen molar-refractivity contribution in [2.45, 2.75) is 27.3 Å². The maximum atomic E-state index is 13.9. The molecule has 6 rings (SSSR count). The van der Waals surface area contributed by atoms with Gasteiger partial charge < -0.3 is 14.1 Å². The molecule has 0 aliphatic carbocycles. The molecule has 0 radical (unpaired) electrons. The number of aryl methyl sites for hydroxylation is 1. The minimum absolute atomic E-state index is 0.0842. The molecule has 7 nitrogen and oxygen atoms in total. The van der Waals surface area contributed by atoms with Gasteiger partial charge in [0.05, 0.1) is 11.1 Å². The van der Waals surface area contributed by atoms with Gasteiger partial charge >= 0.3 is 0 Å². The second kappa shape index (κ2) is 6.93. The highest BCUT2D eigenvalue weighted by Gasteiger charge is 2.23. The summed E-state index contributed by atoms with van der Waals surface area (Å²) in [4.78, 5) is 30.9. The first-order valence-electron chi connectivity index (χ1n) is 11.0. The van der Waals surface area contributed by atoms with Crippen molar-refractivity contribution >= 4 is 44.0 Å². The zero-order valence-corrected chi connectivity index (χ0v) is 18.5. The van der Waals surface area contributed by atoms with Crippen LogP contribution in [0.1, 0.15) is 19.4 Å². The molecule has 0 aliphatic heterocycles. The Bertz CT molecular complexity index is 1830. The van der Waals surface area contributed by atoms with Crippen LogP contribution < -0.4 is 11.0 Å². The lowest BCUT2D eigenvalue weighted by atomic mass is 10.0. The van der Waals surface area contributed by atoms with E-state index in [1.165, 1.54) is 6.07 Å². The average Bonchev–Trinajstić information content (AvgIpc) is 3.41. The fraction of sp³-hybridized carbons (Fsp3) is 0.192. The van der Waals surface area contributed by atoms with E-state index in [-0.39, 0.29) is 11.0 Å². The molecule has 4 heterocycles. The van der Waals surface area contributed by atoms with Crippen LogP contribution in [0.25, 0.3) is 55.1 Å². The molecule has 0 aliphatic rings. The van der Waals surface area contributed by atoms with Crippen molar-refractivity contribution in [3.05, 3.63) is 74.8 Å². The van der Waals surface area contributed by atoms with Crippen molar-refractivity contribution in [2.24, 2.45) is 5.92 Å². The molecule has 164 valence electrons. The fourth-order valence-corrected chi connectivity index (χ4v) is 4.69. The summed E-state index contributed by atoms with van der Waals surface area (Å²) in [6, 6.07) is 13.1. The highest BCUT2D eigenvalue weighted by atomic mass is 16.3. The number of aromatic nitrogens is 4. The summed E-state index contributed by atoms with van der Waals surface area (Å²) in [7, 11) is 0. The highest BCUT2D eigenvalue weighted by Crippen LogP contribution is 2.38. The van der Waals surface area contributed by atoms with Crippen LogP contribution in [0.5, 0.6) is 0 Å². The third kappa shape index (κ3) is 2.78. The second-order valence-electron chi connectivity index (χ2n) is 8.93. The first-order valence-corrected chi connectivity index (χ1v) is 11.0. The minimum atomic E-state index is -0.0907. The number of fused-ring (bicyclic) bond motifs is 5. The molecule has 0 saturated heterocycles. The van der Waals surface area contributed by atoms with E-state index in [1.54, 1.807) is 19.2 Å². The third-order valence-corrected chi connectivity index (χ3v) is 6.23. The number of aromatic amines is 2. The Morgan fingerprint density at radius 1 is 1.06 bits per heavy atom. The first-order chi connectivity index (χ1) is 15.9. The van der Waals surface area contributed by atoms with Crippen molar-refractivity contribution in [3.63, 3.8) is 0 Å². The lowest BCUT2D eigenvalue weighted by molar-refractivity contribution is 0.524. The maximum Gasteiger partial charge on any atom is 0.259 e. The summed E-state index contributed by atoms with van der Waals surface area (Å²) in [6.07, 6.45) is 1.79. The van der Waals surface area contributed by atoms with Crippen molar-refractivity contribution < 1.29 is 4.42 Å². The van der Waals surface area contributed by atoms with Crippen LogP contribution in [0.3, 0.4) is 0 Å². The number of pyridine rings is 2. The van der Waals surface area contributed by atoms with Crippen molar-refractivity contribution in [1.82, 2.24) is 19.7 Å². The Morgan fingerprint density at radius 3 is 2.70 bits per heavy atom. The molecule has 4 aromatic heterocycles. The summed E-state index contributed by atoms with van der Waals surface area (Å²) < 4.78 is 8.12. The Labute approximate surface area is 187 Å². The predicted molar refractivity (Wildman–Crippen MR) is 131 cm³/mol. The zero-order valence-electron chi connectivity index (χ0n) is 18.5. The van der Waals surface area contributed by atoms with Crippen molar-refractivity contribution in [1.29, 1.82) is 0 Å². The second-order valence-corrected chi connectivity index (χ2v) is 8.93. The zero-order chi connectivity index (χ0) is 22.9. The van der Waals surface area contributed by atoms with Crippen molar-refractivity contribution in [2.75, 3.05) is 0 Å². The summed E-state index contributed by atoms with van der Waals surface area (Å²) in [5, 5.41) is 8.53. The van der Waals surface area contributed by atoms with Gasteiger partial charge in [-0.25, -0.2) is 4.98 Å². The Morgan fingerprint density at radius 2 is 1.88 bits per heavy atom. The normalized spacial score (nSPS) is 12.1. The SMILES string of the molecule is Cc1c(=O)ccc2c1oc1c(-c3cc4ccccc4n(CC(C)C)c3=O)c3c[nH][nH]c3nc12. The quantitative estimate of drug-likeness (QED) is 0.402. The van der Waals surface area contributed by atoms with E-state index >= 15 is 0 Å². The minimum Gasteiger partial charge on any atom is -0.453 e. The van der Waals surface area contributed by atoms with Crippen LogP contribution in [0.15, 0.2) is 62.7 Å². The van der Waals surface area contributed by atoms with Gasteiger partial charge in [-0.3, -0.25) is 14.7 Å². The van der Waals surface area contributed by atoms with Crippen molar-refractivity contribution in [3.8, 4) is 11.1 Å². The number of rotatable bonds is 3. The lowest BCUT2D eigenvalue weighted by Crippen LogP contribution is -2.24. The first kappa shape index (κ1) is 19.5. The van der Waals surface area contributed by atoms with Gasteiger partial charge in [-0.15, -0.1) is 0 Å². The van der Waals surface area contributed by atoms with E-state index in [9.17, 15) is 9.59 Å². The van der Waals surface area contributed by atoms with Crippen LogP contribution in [0, 0.1) is 12.8 Å². The van der Waals surface area contributed by atoms with E-state index in [0.29, 0.717) is 51.5 Å². The molecule has 0 saturated carbocycles. The van der Waals surface area contributed by atoms with Gasteiger partial charge in [0.2, 0.25) is 0 Å². The number of hydrogen-bond acceptors (Lipinski definition) is 4. The lowest BCUT2D eigenvalue weighted by Gasteiger charge is -2.15. The monoisotopic (exact) mass is 438 g/mol. The van der Waals surface area contributed by atoms with Gasteiger partial charge in [0, 0.05) is 34.6 Å². The van der Waals surface area contributed by atoms with Crippen LogP contribution >= 0.6 is 0 Å². The molecular weight excluding hydrogens is 416 g/mol. The number of nitrogens with zero attached hydrogens (tertiary/aromatic N) is 2. The molecule has 33 heavy (non-hydrogen) atoms. The molecule has 0 atom stereocenters. The third-order valence-electron chi connectivity index (χ3n) is 6.23. The fourth-order valence-electron chi connectivity index (χ4n) is 4.69. The van der Waals surface area contributed by atoms with Gasteiger partial charge in [-0.05, 0) is 42.5 Å². The molecule has 2 N–H and O–H groups in total. The predicted octanol–water partition coefficient (Wildman–Crippen LogP) is 5.10. The summed E-state index contributed by atoms with van der Waals surface area (Å²) >= 11 is 0. The molecule has 0 unspecified atom stereocenters. The molecule has 6 aromatic rings. The van der Waals surface area contributed by atoms with Gasteiger partial charge in [-0.2, -0.15) is 0 Å². The Kier molecular flexibility index (Phi) is 4.11. The molecule has 0 fully saturated rings. The van der Waals surface area contributed by atoms with Crippen LogP contribution in [0.4, 0.5) is 0 Å². The topological polar surface area (TPSA) is 96.7 Å². The number of para-hydroxylation sites is 1. The van der Waals surface area contributed by atoms with E-state index in [4.69, 9.17) is 9.40 Å². The van der Waals surface area contributed by atoms with Gasteiger partial charge in [0.15, 0.2) is 16.7 Å². The van der Waals surface area contributed by atoms with E-state index < -0.39 is 0 Å². The molecular formula is C26H22N4O3. The molecule has 7 heteroatoms. The molecule has 0 bridgehead atoms. The van der Waals surface area contributed by atoms with Gasteiger partial charge in [0.1, 0.15) is 11.1 Å². The molecule has 0 spiro atoms. The van der Waals surface area contributed by atoms with Gasteiger partial charge in [-0.1, -0.05) is 32.0 Å². The number of benzene rings is 2. The maximum absolute atomic E-state index is 13.9. The Balaban J connectivity index is 1.82. The number of furan rings is 1. The summed E-state index contributed by atoms with van der Waals surface area (Å²) in [6.45, 7) is 6.54. The van der Waals surface area contributed by atoms with Crippen LogP contribution in [-0.2, 0) is 6.54 Å². The van der Waals surface area contributed by atoms with Crippen LogP contribution in [-0.4, -0.2) is 19.7 Å². The van der Waals surface area contributed by atoms with E-state index in [0.717, 1.165) is 21.7 Å². The van der Waals surface area contributed by atoms with Crippen LogP contribution in [0.2, 0.25) is 0 Å². The standard InChI is InChI=1S/C26H22N4O3/c1-13(2)12-30-19-7-5-4-6-15(19)10-17(26(30)32)21-18-11-27-29-25(18)28-22-16-8-9-20(31)14(3)23(16)33-24(21)22/h4-11,13H,12H2,1-3H3,(H2,27,28,29). The number of hydrogen-bond donors (Lipinski definition) is 2. The largest absolute Gasteiger partial charge is 0.453 e. The molecule has 0 amide bonds. The average molecular weight is 438 g/mol. The smallest absolute Gasteiger partial charge is 0.259 e. The Hall–Kier alpha value is -4.13.